The average molecular weight is 354 g/mol. The molecule has 1 aromatic heterocycles. The van der Waals surface area contributed by atoms with E-state index in [1.807, 2.05) is 18.2 Å². The molecular formula is C20H16F2N2O2. The minimum Gasteiger partial charge on any atom is -0.487 e. The summed E-state index contributed by atoms with van der Waals surface area (Å²) < 4.78 is 32.9. The van der Waals surface area contributed by atoms with Crippen LogP contribution in [0, 0.1) is 11.6 Å². The largest absolute Gasteiger partial charge is 0.487 e. The predicted octanol–water partition coefficient (Wildman–Crippen LogP) is 3.87. The summed E-state index contributed by atoms with van der Waals surface area (Å²) in [6.07, 6.45) is 1.69. The number of hydrogen-bond donors (Lipinski definition) is 1. The number of nitrogens with zero attached hydrogens (tertiary/aromatic N) is 1. The van der Waals surface area contributed by atoms with E-state index in [4.69, 9.17) is 4.74 Å². The summed E-state index contributed by atoms with van der Waals surface area (Å²) in [5.74, 6) is -1.98. The first-order valence-corrected chi connectivity index (χ1v) is 7.97. The molecule has 6 heteroatoms. The van der Waals surface area contributed by atoms with E-state index < -0.39 is 23.1 Å². The van der Waals surface area contributed by atoms with Crippen molar-refractivity contribution >= 4 is 5.91 Å². The molecule has 3 aromatic rings. The minimum atomic E-state index is -0.894. The van der Waals surface area contributed by atoms with E-state index >= 15 is 0 Å². The van der Waals surface area contributed by atoms with Crippen LogP contribution in [0.15, 0.2) is 66.9 Å². The van der Waals surface area contributed by atoms with Crippen molar-refractivity contribution in [1.82, 2.24) is 10.3 Å². The third-order valence-corrected chi connectivity index (χ3v) is 3.65. The maximum Gasteiger partial charge on any atom is 0.257 e. The third kappa shape index (κ3) is 4.42. The Morgan fingerprint density at radius 3 is 2.50 bits per heavy atom. The summed E-state index contributed by atoms with van der Waals surface area (Å²) in [7, 11) is 0. The van der Waals surface area contributed by atoms with Crippen LogP contribution in [0.4, 0.5) is 8.78 Å². The Morgan fingerprint density at radius 1 is 1.00 bits per heavy atom. The fourth-order valence-corrected chi connectivity index (χ4v) is 2.37. The molecule has 1 heterocycles. The smallest absolute Gasteiger partial charge is 0.257 e. The second kappa shape index (κ2) is 8.20. The SMILES string of the molecule is O=C(NCc1cccc(OCc2ccccn2)c1)c1c(F)cccc1F. The third-order valence-electron chi connectivity index (χ3n) is 3.65. The lowest BCUT2D eigenvalue weighted by atomic mass is 10.1. The van der Waals surface area contributed by atoms with Gasteiger partial charge < -0.3 is 10.1 Å². The molecule has 0 fully saturated rings. The highest BCUT2D eigenvalue weighted by Gasteiger charge is 2.16. The molecule has 2 aromatic carbocycles. The van der Waals surface area contributed by atoms with Crippen molar-refractivity contribution in [3.63, 3.8) is 0 Å². The van der Waals surface area contributed by atoms with Gasteiger partial charge in [-0.25, -0.2) is 8.78 Å². The van der Waals surface area contributed by atoms with Crippen LogP contribution >= 0.6 is 0 Å². The quantitative estimate of drug-likeness (QED) is 0.731. The van der Waals surface area contributed by atoms with E-state index in [1.165, 1.54) is 6.07 Å². The molecule has 3 rings (SSSR count). The predicted molar refractivity (Wildman–Crippen MR) is 92.5 cm³/mol. The van der Waals surface area contributed by atoms with E-state index in [2.05, 4.69) is 10.3 Å². The van der Waals surface area contributed by atoms with Crippen LogP contribution in [-0.4, -0.2) is 10.9 Å². The van der Waals surface area contributed by atoms with Crippen LogP contribution < -0.4 is 10.1 Å². The van der Waals surface area contributed by atoms with Crippen LogP contribution in [0.1, 0.15) is 21.6 Å². The molecule has 0 spiro atoms. The fraction of sp³-hybridized carbons (Fsp3) is 0.100. The van der Waals surface area contributed by atoms with Crippen LogP contribution in [0.2, 0.25) is 0 Å². The lowest BCUT2D eigenvalue weighted by Crippen LogP contribution is -2.25. The van der Waals surface area contributed by atoms with Crippen molar-refractivity contribution in [2.75, 3.05) is 0 Å². The molecular weight excluding hydrogens is 338 g/mol. The van der Waals surface area contributed by atoms with Crippen molar-refractivity contribution in [2.45, 2.75) is 13.2 Å². The number of halogens is 2. The second-order valence-electron chi connectivity index (χ2n) is 5.54. The molecule has 132 valence electrons. The van der Waals surface area contributed by atoms with Gasteiger partial charge in [0.2, 0.25) is 0 Å². The van der Waals surface area contributed by atoms with E-state index in [0.29, 0.717) is 12.4 Å². The monoisotopic (exact) mass is 354 g/mol. The van der Waals surface area contributed by atoms with Crippen molar-refractivity contribution in [2.24, 2.45) is 0 Å². The van der Waals surface area contributed by atoms with Gasteiger partial charge in [-0.2, -0.15) is 0 Å². The number of nitrogens with one attached hydrogen (secondary N) is 1. The Hall–Kier alpha value is -3.28. The summed E-state index contributed by atoms with van der Waals surface area (Å²) in [4.78, 5) is 16.2. The van der Waals surface area contributed by atoms with Gasteiger partial charge in [-0.1, -0.05) is 24.3 Å². The number of hydrogen-bond acceptors (Lipinski definition) is 3. The average Bonchev–Trinajstić information content (AvgIpc) is 2.66. The maximum atomic E-state index is 13.6. The van der Waals surface area contributed by atoms with Gasteiger partial charge in [-0.3, -0.25) is 9.78 Å². The number of benzene rings is 2. The zero-order valence-corrected chi connectivity index (χ0v) is 13.8. The Bertz CT molecular complexity index is 881. The van der Waals surface area contributed by atoms with Gasteiger partial charge in [0.25, 0.3) is 5.91 Å². The minimum absolute atomic E-state index is 0.118. The van der Waals surface area contributed by atoms with Gasteiger partial charge in [-0.15, -0.1) is 0 Å². The number of rotatable bonds is 6. The Morgan fingerprint density at radius 2 is 1.77 bits per heavy atom. The number of carbonyl (C=O) groups excluding carboxylic acids is 1. The lowest BCUT2D eigenvalue weighted by molar-refractivity contribution is 0.0942. The second-order valence-corrected chi connectivity index (χ2v) is 5.54. The molecule has 4 nitrogen and oxygen atoms in total. The van der Waals surface area contributed by atoms with E-state index in [-0.39, 0.29) is 6.54 Å². The van der Waals surface area contributed by atoms with Crippen LogP contribution in [0.3, 0.4) is 0 Å². The molecule has 1 N–H and O–H groups in total. The first-order valence-electron chi connectivity index (χ1n) is 7.97. The van der Waals surface area contributed by atoms with Gasteiger partial charge in [0.15, 0.2) is 0 Å². The summed E-state index contributed by atoms with van der Waals surface area (Å²) in [5, 5.41) is 2.51. The number of amides is 1. The first-order chi connectivity index (χ1) is 12.6. The molecule has 0 bridgehead atoms. The number of pyridine rings is 1. The molecule has 0 saturated heterocycles. The van der Waals surface area contributed by atoms with Gasteiger partial charge in [-0.05, 0) is 42.0 Å². The van der Waals surface area contributed by atoms with Crippen molar-refractivity contribution in [3.05, 3.63) is 95.3 Å². The summed E-state index contributed by atoms with van der Waals surface area (Å²) in [6.45, 7) is 0.435. The number of ether oxygens (including phenoxy) is 1. The molecule has 0 unspecified atom stereocenters. The number of aromatic nitrogens is 1. The van der Waals surface area contributed by atoms with Crippen molar-refractivity contribution in [1.29, 1.82) is 0 Å². The Balaban J connectivity index is 1.61. The normalized spacial score (nSPS) is 10.4. The highest BCUT2D eigenvalue weighted by atomic mass is 19.1. The van der Waals surface area contributed by atoms with E-state index in [9.17, 15) is 13.6 Å². The zero-order valence-electron chi connectivity index (χ0n) is 13.8. The summed E-state index contributed by atoms with van der Waals surface area (Å²) >= 11 is 0. The van der Waals surface area contributed by atoms with Crippen LogP contribution in [0.5, 0.6) is 5.75 Å². The fourth-order valence-electron chi connectivity index (χ4n) is 2.37. The molecule has 0 aliphatic rings. The standard InChI is InChI=1S/C20H16F2N2O2/c21-17-8-4-9-18(22)19(17)20(25)24-12-14-5-3-7-16(11-14)26-13-15-6-1-2-10-23-15/h1-11H,12-13H2,(H,24,25). The van der Waals surface area contributed by atoms with Crippen LogP contribution in [0.25, 0.3) is 0 Å². The Labute approximate surface area is 149 Å². The molecule has 26 heavy (non-hydrogen) atoms. The van der Waals surface area contributed by atoms with Gasteiger partial charge in [0, 0.05) is 12.7 Å². The highest BCUT2D eigenvalue weighted by Crippen LogP contribution is 2.16. The van der Waals surface area contributed by atoms with Gasteiger partial charge in [0.05, 0.1) is 5.69 Å². The first kappa shape index (κ1) is 17.5. The van der Waals surface area contributed by atoms with Gasteiger partial charge in [0.1, 0.15) is 29.6 Å². The molecule has 0 aliphatic carbocycles. The Kier molecular flexibility index (Phi) is 5.53. The zero-order chi connectivity index (χ0) is 18.4. The van der Waals surface area contributed by atoms with E-state index in [1.54, 1.807) is 30.5 Å². The van der Waals surface area contributed by atoms with E-state index in [0.717, 1.165) is 23.4 Å². The van der Waals surface area contributed by atoms with Gasteiger partial charge >= 0.3 is 0 Å². The molecule has 0 aliphatic heterocycles. The highest BCUT2D eigenvalue weighted by molar-refractivity contribution is 5.94. The number of carbonyl (C=O) groups is 1. The molecule has 1 amide bonds. The molecule has 0 saturated carbocycles. The lowest BCUT2D eigenvalue weighted by Gasteiger charge is -2.09. The molecule has 0 radical (unpaired) electrons. The summed E-state index contributed by atoms with van der Waals surface area (Å²) in [5.41, 5.74) is 0.949. The van der Waals surface area contributed by atoms with Crippen molar-refractivity contribution in [3.8, 4) is 5.75 Å². The van der Waals surface area contributed by atoms with Crippen LogP contribution in [-0.2, 0) is 13.2 Å². The summed E-state index contributed by atoms with van der Waals surface area (Å²) in [6, 6.07) is 16.0. The topological polar surface area (TPSA) is 51.2 Å². The molecule has 0 atom stereocenters. The van der Waals surface area contributed by atoms with Crippen molar-refractivity contribution < 1.29 is 18.3 Å². The maximum absolute atomic E-state index is 13.6.